The molecule has 1 heterocycles. The zero-order valence-corrected chi connectivity index (χ0v) is 12.8. The summed E-state index contributed by atoms with van der Waals surface area (Å²) in [5.41, 5.74) is 2.56. The van der Waals surface area contributed by atoms with E-state index in [-0.39, 0.29) is 0 Å². The van der Waals surface area contributed by atoms with Gasteiger partial charge < -0.3 is 14.8 Å². The molecule has 1 atom stereocenters. The molecular formula is C16H24N4. The van der Waals surface area contributed by atoms with Crippen molar-refractivity contribution in [3.8, 4) is 0 Å². The monoisotopic (exact) mass is 272 g/mol. The van der Waals surface area contributed by atoms with Crippen LogP contribution in [0.25, 0.3) is 0 Å². The van der Waals surface area contributed by atoms with Crippen LogP contribution in [0.3, 0.4) is 0 Å². The SMILES string of the molecule is CNC(CCc1nccn1C)c1cccc(N(C)C)c1. The van der Waals surface area contributed by atoms with Crippen molar-refractivity contribution in [2.75, 3.05) is 26.0 Å². The quantitative estimate of drug-likeness (QED) is 0.876. The smallest absolute Gasteiger partial charge is 0.108 e. The van der Waals surface area contributed by atoms with Gasteiger partial charge in [0, 0.05) is 51.7 Å². The molecule has 0 spiro atoms. The van der Waals surface area contributed by atoms with Crippen LogP contribution < -0.4 is 10.2 Å². The summed E-state index contributed by atoms with van der Waals surface area (Å²) >= 11 is 0. The third kappa shape index (κ3) is 3.39. The number of aromatic nitrogens is 2. The minimum absolute atomic E-state index is 0.353. The average Bonchev–Trinajstić information content (AvgIpc) is 2.85. The molecule has 0 fully saturated rings. The Bertz CT molecular complexity index is 545. The Morgan fingerprint density at radius 3 is 2.75 bits per heavy atom. The van der Waals surface area contributed by atoms with E-state index >= 15 is 0 Å². The lowest BCUT2D eigenvalue weighted by Crippen LogP contribution is -2.18. The largest absolute Gasteiger partial charge is 0.378 e. The highest BCUT2D eigenvalue weighted by atomic mass is 15.1. The van der Waals surface area contributed by atoms with E-state index in [2.05, 4.69) is 58.1 Å². The van der Waals surface area contributed by atoms with Gasteiger partial charge in [0.25, 0.3) is 0 Å². The van der Waals surface area contributed by atoms with Crippen LogP contribution in [0.15, 0.2) is 36.7 Å². The van der Waals surface area contributed by atoms with Gasteiger partial charge >= 0.3 is 0 Å². The molecule has 2 rings (SSSR count). The van der Waals surface area contributed by atoms with Crippen molar-refractivity contribution in [1.82, 2.24) is 14.9 Å². The molecule has 0 aliphatic rings. The number of aryl methyl sites for hydroxylation is 2. The van der Waals surface area contributed by atoms with Crippen molar-refractivity contribution in [3.05, 3.63) is 48.0 Å². The van der Waals surface area contributed by atoms with Crippen LogP contribution in [0.5, 0.6) is 0 Å². The molecule has 1 aromatic carbocycles. The van der Waals surface area contributed by atoms with Crippen molar-refractivity contribution >= 4 is 5.69 Å². The lowest BCUT2D eigenvalue weighted by molar-refractivity contribution is 0.536. The van der Waals surface area contributed by atoms with Crippen molar-refractivity contribution in [1.29, 1.82) is 0 Å². The fraction of sp³-hybridized carbons (Fsp3) is 0.438. The van der Waals surface area contributed by atoms with E-state index in [0.29, 0.717) is 6.04 Å². The summed E-state index contributed by atoms with van der Waals surface area (Å²) in [5, 5.41) is 3.41. The second-order valence-electron chi connectivity index (χ2n) is 5.32. The summed E-state index contributed by atoms with van der Waals surface area (Å²) in [6.45, 7) is 0. The summed E-state index contributed by atoms with van der Waals surface area (Å²) in [6, 6.07) is 9.04. The van der Waals surface area contributed by atoms with E-state index < -0.39 is 0 Å². The number of benzene rings is 1. The Labute approximate surface area is 121 Å². The molecule has 4 heteroatoms. The first-order valence-electron chi connectivity index (χ1n) is 7.02. The minimum atomic E-state index is 0.353. The van der Waals surface area contributed by atoms with Gasteiger partial charge in [-0.2, -0.15) is 0 Å². The number of hydrogen-bond donors (Lipinski definition) is 1. The Morgan fingerprint density at radius 2 is 2.15 bits per heavy atom. The van der Waals surface area contributed by atoms with Crippen molar-refractivity contribution in [2.45, 2.75) is 18.9 Å². The van der Waals surface area contributed by atoms with E-state index in [1.807, 2.05) is 26.5 Å². The highest BCUT2D eigenvalue weighted by molar-refractivity contribution is 5.47. The number of hydrogen-bond acceptors (Lipinski definition) is 3. The van der Waals surface area contributed by atoms with Gasteiger partial charge in [0.2, 0.25) is 0 Å². The van der Waals surface area contributed by atoms with Crippen LogP contribution in [0.2, 0.25) is 0 Å². The summed E-state index contributed by atoms with van der Waals surface area (Å²) in [5.74, 6) is 1.13. The molecule has 0 aliphatic carbocycles. The normalized spacial score (nSPS) is 12.4. The van der Waals surface area contributed by atoms with Crippen LogP contribution in [0, 0.1) is 0 Å². The summed E-state index contributed by atoms with van der Waals surface area (Å²) in [4.78, 5) is 6.52. The predicted octanol–water partition coefficient (Wildman–Crippen LogP) is 2.38. The van der Waals surface area contributed by atoms with Gasteiger partial charge in [0.1, 0.15) is 5.82 Å². The van der Waals surface area contributed by atoms with Crippen molar-refractivity contribution in [3.63, 3.8) is 0 Å². The number of nitrogens with zero attached hydrogens (tertiary/aromatic N) is 3. The second kappa shape index (κ2) is 6.57. The van der Waals surface area contributed by atoms with Crippen LogP contribution in [-0.2, 0) is 13.5 Å². The van der Waals surface area contributed by atoms with E-state index in [1.165, 1.54) is 11.3 Å². The molecule has 1 N–H and O–H groups in total. The number of nitrogens with one attached hydrogen (secondary N) is 1. The Balaban J connectivity index is 2.08. The van der Waals surface area contributed by atoms with Crippen LogP contribution in [-0.4, -0.2) is 30.7 Å². The van der Waals surface area contributed by atoms with Gasteiger partial charge in [-0.1, -0.05) is 12.1 Å². The summed E-state index contributed by atoms with van der Waals surface area (Å²) < 4.78 is 2.09. The third-order valence-corrected chi connectivity index (χ3v) is 3.72. The highest BCUT2D eigenvalue weighted by Crippen LogP contribution is 2.22. The first kappa shape index (κ1) is 14.6. The zero-order chi connectivity index (χ0) is 14.5. The molecule has 108 valence electrons. The van der Waals surface area contributed by atoms with Crippen molar-refractivity contribution in [2.24, 2.45) is 7.05 Å². The van der Waals surface area contributed by atoms with Gasteiger partial charge in [-0.3, -0.25) is 0 Å². The molecule has 0 bridgehead atoms. The van der Waals surface area contributed by atoms with Gasteiger partial charge in [-0.15, -0.1) is 0 Å². The van der Waals surface area contributed by atoms with Gasteiger partial charge in [0.15, 0.2) is 0 Å². The number of anilines is 1. The molecular weight excluding hydrogens is 248 g/mol. The maximum Gasteiger partial charge on any atom is 0.108 e. The molecule has 0 saturated heterocycles. The van der Waals surface area contributed by atoms with E-state index in [1.54, 1.807) is 0 Å². The fourth-order valence-corrected chi connectivity index (χ4v) is 2.41. The average molecular weight is 272 g/mol. The van der Waals surface area contributed by atoms with Crippen LogP contribution >= 0.6 is 0 Å². The first-order chi connectivity index (χ1) is 9.61. The Kier molecular flexibility index (Phi) is 4.79. The lowest BCUT2D eigenvalue weighted by atomic mass is 10.0. The van der Waals surface area contributed by atoms with Crippen LogP contribution in [0.4, 0.5) is 5.69 Å². The van der Waals surface area contributed by atoms with Gasteiger partial charge in [-0.25, -0.2) is 4.98 Å². The molecule has 0 amide bonds. The maximum absolute atomic E-state index is 4.39. The predicted molar refractivity (Wildman–Crippen MR) is 84.1 cm³/mol. The molecule has 20 heavy (non-hydrogen) atoms. The number of rotatable bonds is 6. The standard InChI is InChI=1S/C16H24N4/c1-17-15(8-9-16-18-10-11-20(16)4)13-6-5-7-14(12-13)19(2)3/h5-7,10-12,15,17H,8-9H2,1-4H3. The fourth-order valence-electron chi connectivity index (χ4n) is 2.41. The van der Waals surface area contributed by atoms with Gasteiger partial charge in [0.05, 0.1) is 0 Å². The highest BCUT2D eigenvalue weighted by Gasteiger charge is 2.11. The zero-order valence-electron chi connectivity index (χ0n) is 12.8. The Morgan fingerprint density at radius 1 is 1.35 bits per heavy atom. The van der Waals surface area contributed by atoms with E-state index in [9.17, 15) is 0 Å². The van der Waals surface area contributed by atoms with Crippen molar-refractivity contribution < 1.29 is 0 Å². The lowest BCUT2D eigenvalue weighted by Gasteiger charge is -2.19. The topological polar surface area (TPSA) is 33.1 Å². The molecule has 4 nitrogen and oxygen atoms in total. The summed E-state index contributed by atoms with van der Waals surface area (Å²) in [7, 11) is 8.21. The van der Waals surface area contributed by atoms with E-state index in [4.69, 9.17) is 0 Å². The second-order valence-corrected chi connectivity index (χ2v) is 5.32. The third-order valence-electron chi connectivity index (χ3n) is 3.72. The molecule has 0 aliphatic heterocycles. The Hall–Kier alpha value is -1.81. The number of imidazole rings is 1. The molecule has 0 radical (unpaired) electrons. The van der Waals surface area contributed by atoms with Crippen LogP contribution in [0.1, 0.15) is 23.9 Å². The first-order valence-corrected chi connectivity index (χ1v) is 7.02. The van der Waals surface area contributed by atoms with E-state index in [0.717, 1.165) is 18.7 Å². The van der Waals surface area contributed by atoms with Gasteiger partial charge in [-0.05, 0) is 31.2 Å². The molecule has 1 aromatic heterocycles. The molecule has 2 aromatic rings. The molecule has 1 unspecified atom stereocenters. The summed E-state index contributed by atoms with van der Waals surface area (Å²) in [6.07, 6.45) is 5.87. The molecule has 0 saturated carbocycles. The minimum Gasteiger partial charge on any atom is -0.378 e. The maximum atomic E-state index is 4.39.